The highest BCUT2D eigenvalue weighted by Gasteiger charge is 2.67. The Bertz CT molecular complexity index is 1870. The van der Waals surface area contributed by atoms with Crippen LogP contribution in [-0.2, 0) is 5.41 Å². The van der Waals surface area contributed by atoms with E-state index in [2.05, 4.69) is 51.5 Å². The van der Waals surface area contributed by atoms with Crippen molar-refractivity contribution in [3.63, 3.8) is 0 Å². The van der Waals surface area contributed by atoms with Gasteiger partial charge in [0.1, 0.15) is 6.07 Å². The van der Waals surface area contributed by atoms with Crippen molar-refractivity contribution in [2.75, 3.05) is 17.2 Å². The van der Waals surface area contributed by atoms with E-state index in [0.29, 0.717) is 56.4 Å². The fourth-order valence-electron chi connectivity index (χ4n) is 5.74. The van der Waals surface area contributed by atoms with Gasteiger partial charge in [-0.2, -0.15) is 22.8 Å². The predicted octanol–water partition coefficient (Wildman–Crippen LogP) is 7.41. The quantitative estimate of drug-likeness (QED) is 0.110. The third-order valence-corrected chi connectivity index (χ3v) is 8.92. The highest BCUT2D eigenvalue weighted by Crippen LogP contribution is 2.54. The van der Waals surface area contributed by atoms with Crippen molar-refractivity contribution in [1.82, 2.24) is 25.9 Å². The highest BCUT2D eigenvalue weighted by molar-refractivity contribution is 6.35. The number of rotatable bonds is 9. The molecule has 1 saturated carbocycles. The van der Waals surface area contributed by atoms with Crippen molar-refractivity contribution in [2.45, 2.75) is 56.8 Å². The molecule has 0 saturated heterocycles. The van der Waals surface area contributed by atoms with E-state index >= 15 is 0 Å². The van der Waals surface area contributed by atoms with Crippen LogP contribution in [0.3, 0.4) is 0 Å². The number of hydrazine groups is 2. The Morgan fingerprint density at radius 3 is 2.52 bits per heavy atom. The molecule has 1 aliphatic heterocycles. The number of fused-ring (bicyclic) bond motifs is 1. The standard InChI is InChI=1S/C33H31ClF4N8/c1-19-23(9-10-27(35)42-19)30(26-17-46(45-44-26)32(11-12-32)33(36,37)38)43-22-13-24-28(20(15-39)16-40-29(24)25(34)14-22)41-18-31(2,3)21-7-5-4-6-8-21/h4-10,13-14,16-17,30,43-45H,11-12,18H2,1-3H3,(H,40,41)/t30-/m0/s1. The number of aromatic nitrogens is 2. The maximum absolute atomic E-state index is 14.0. The van der Waals surface area contributed by atoms with Crippen LogP contribution in [0, 0.1) is 24.2 Å². The fourth-order valence-corrected chi connectivity index (χ4v) is 6.01. The van der Waals surface area contributed by atoms with Crippen LogP contribution in [0.2, 0.25) is 5.02 Å². The van der Waals surface area contributed by atoms with E-state index in [0.717, 1.165) is 10.6 Å². The third-order valence-electron chi connectivity index (χ3n) is 8.63. The Morgan fingerprint density at radius 1 is 1.13 bits per heavy atom. The van der Waals surface area contributed by atoms with Crippen LogP contribution in [0.4, 0.5) is 28.9 Å². The molecule has 4 N–H and O–H groups in total. The molecule has 238 valence electrons. The molecule has 0 unspecified atom stereocenters. The van der Waals surface area contributed by atoms with E-state index in [1.54, 1.807) is 19.1 Å². The summed E-state index contributed by atoms with van der Waals surface area (Å²) < 4.78 is 55.8. The van der Waals surface area contributed by atoms with Crippen LogP contribution in [-0.4, -0.2) is 33.2 Å². The number of alkyl halides is 3. The fraction of sp³-hybridized carbons (Fsp3) is 0.303. The average Bonchev–Trinajstić information content (AvgIpc) is 3.70. The number of hydrogen-bond acceptors (Lipinski definition) is 8. The number of nitriles is 1. The molecule has 0 amide bonds. The number of benzene rings is 2. The van der Waals surface area contributed by atoms with Gasteiger partial charge in [0.05, 0.1) is 33.5 Å². The number of nitrogens with zero attached hydrogens (tertiary/aromatic N) is 4. The van der Waals surface area contributed by atoms with E-state index in [1.165, 1.54) is 24.5 Å². The van der Waals surface area contributed by atoms with Gasteiger partial charge in [0.25, 0.3) is 0 Å². The molecule has 0 spiro atoms. The van der Waals surface area contributed by atoms with Crippen molar-refractivity contribution in [3.8, 4) is 6.07 Å². The molecule has 13 heteroatoms. The summed E-state index contributed by atoms with van der Waals surface area (Å²) in [7, 11) is 0. The van der Waals surface area contributed by atoms with E-state index in [1.807, 2.05) is 30.3 Å². The predicted molar refractivity (Wildman–Crippen MR) is 169 cm³/mol. The number of aryl methyl sites for hydroxylation is 1. The molecular formula is C33H31ClF4N8. The summed E-state index contributed by atoms with van der Waals surface area (Å²) in [6, 6.07) is 17.6. The lowest BCUT2D eigenvalue weighted by molar-refractivity contribution is -0.195. The van der Waals surface area contributed by atoms with Gasteiger partial charge in [-0.15, -0.1) is 5.53 Å². The second-order valence-electron chi connectivity index (χ2n) is 12.2. The van der Waals surface area contributed by atoms with Crippen LogP contribution in [0.15, 0.2) is 72.7 Å². The van der Waals surface area contributed by atoms with Crippen LogP contribution in [0.25, 0.3) is 10.9 Å². The Kier molecular flexibility index (Phi) is 7.94. The van der Waals surface area contributed by atoms with Gasteiger partial charge in [0.2, 0.25) is 5.95 Å². The van der Waals surface area contributed by atoms with Gasteiger partial charge in [0, 0.05) is 46.7 Å². The smallest absolute Gasteiger partial charge is 0.383 e. The van der Waals surface area contributed by atoms with E-state index in [9.17, 15) is 22.8 Å². The molecule has 2 aromatic carbocycles. The molecule has 0 bridgehead atoms. The molecule has 8 nitrogen and oxygen atoms in total. The molecule has 1 atom stereocenters. The maximum Gasteiger partial charge on any atom is 0.413 e. The average molecular weight is 651 g/mol. The molecule has 3 heterocycles. The molecule has 2 aromatic heterocycles. The minimum Gasteiger partial charge on any atom is -0.383 e. The molecular weight excluding hydrogens is 620 g/mol. The van der Waals surface area contributed by atoms with Crippen molar-refractivity contribution in [2.24, 2.45) is 0 Å². The maximum atomic E-state index is 14.0. The lowest BCUT2D eigenvalue weighted by Gasteiger charge is -2.28. The van der Waals surface area contributed by atoms with Gasteiger partial charge in [-0.1, -0.05) is 61.8 Å². The first-order valence-electron chi connectivity index (χ1n) is 14.6. The van der Waals surface area contributed by atoms with Gasteiger partial charge in [-0.3, -0.25) is 9.99 Å². The number of nitrogens with one attached hydrogen (secondary N) is 4. The van der Waals surface area contributed by atoms with Crippen molar-refractivity contribution in [3.05, 3.63) is 106 Å². The Balaban J connectivity index is 1.39. The number of halogens is 5. The number of hydrogen-bond donors (Lipinski definition) is 4. The Hall–Kier alpha value is -4.60. The summed E-state index contributed by atoms with van der Waals surface area (Å²) in [6.45, 7) is 6.30. The molecule has 1 aliphatic carbocycles. The minimum atomic E-state index is -4.44. The van der Waals surface area contributed by atoms with Gasteiger partial charge < -0.3 is 16.1 Å². The van der Waals surface area contributed by atoms with Gasteiger partial charge in [0.15, 0.2) is 5.54 Å². The lowest BCUT2D eigenvalue weighted by Crippen LogP contribution is -2.52. The first kappa shape index (κ1) is 31.4. The lowest BCUT2D eigenvalue weighted by atomic mass is 9.84. The molecule has 6 rings (SSSR count). The van der Waals surface area contributed by atoms with E-state index in [4.69, 9.17) is 11.6 Å². The second kappa shape index (κ2) is 11.6. The third kappa shape index (κ3) is 5.76. The summed E-state index contributed by atoms with van der Waals surface area (Å²) in [5, 5.41) is 18.7. The van der Waals surface area contributed by atoms with E-state index < -0.39 is 23.7 Å². The van der Waals surface area contributed by atoms with E-state index in [-0.39, 0.29) is 18.3 Å². The molecule has 1 fully saturated rings. The highest BCUT2D eigenvalue weighted by atomic mass is 35.5. The number of anilines is 2. The van der Waals surface area contributed by atoms with Crippen LogP contribution >= 0.6 is 11.6 Å². The molecule has 2 aliphatic rings. The molecule has 4 aromatic rings. The first-order valence-corrected chi connectivity index (χ1v) is 15.0. The van der Waals surface area contributed by atoms with Crippen molar-refractivity contribution >= 4 is 33.9 Å². The summed E-state index contributed by atoms with van der Waals surface area (Å²) in [5.74, 6) is -0.680. The van der Waals surface area contributed by atoms with Crippen LogP contribution in [0.1, 0.15) is 55.1 Å². The SMILES string of the molecule is Cc1nc(F)ccc1[C@H](Nc1cc(Cl)c2ncc(C#N)c(NCC(C)(C)c3ccccc3)c2c1)C1=CN(C2(C(F)(F)F)CC2)NN1. The van der Waals surface area contributed by atoms with Crippen molar-refractivity contribution in [1.29, 1.82) is 5.26 Å². The largest absolute Gasteiger partial charge is 0.413 e. The summed E-state index contributed by atoms with van der Waals surface area (Å²) in [4.78, 5) is 8.39. The first-order chi connectivity index (χ1) is 21.8. The number of pyridine rings is 2. The Labute approximate surface area is 268 Å². The zero-order chi connectivity index (χ0) is 32.9. The van der Waals surface area contributed by atoms with Crippen LogP contribution < -0.4 is 21.6 Å². The topological polar surface area (TPSA) is 101 Å². The molecule has 46 heavy (non-hydrogen) atoms. The minimum absolute atomic E-state index is 0.0461. The van der Waals surface area contributed by atoms with Crippen molar-refractivity contribution < 1.29 is 17.6 Å². The summed E-state index contributed by atoms with van der Waals surface area (Å²) in [6.07, 6.45) is -1.69. The Morgan fingerprint density at radius 2 is 1.87 bits per heavy atom. The van der Waals surface area contributed by atoms with Gasteiger partial charge in [-0.05, 0) is 43.5 Å². The van der Waals surface area contributed by atoms with Gasteiger partial charge in [-0.25, -0.2) is 4.98 Å². The summed E-state index contributed by atoms with van der Waals surface area (Å²) in [5.41, 5.74) is 7.39. The zero-order valence-corrected chi connectivity index (χ0v) is 26.0. The van der Waals surface area contributed by atoms with Crippen LogP contribution in [0.5, 0.6) is 0 Å². The molecule has 0 radical (unpaired) electrons. The second-order valence-corrected chi connectivity index (χ2v) is 12.6. The zero-order valence-electron chi connectivity index (χ0n) is 25.2. The summed E-state index contributed by atoms with van der Waals surface area (Å²) >= 11 is 6.75. The van der Waals surface area contributed by atoms with Gasteiger partial charge >= 0.3 is 6.18 Å². The normalized spacial score (nSPS) is 16.4. The monoisotopic (exact) mass is 650 g/mol.